The minimum absolute atomic E-state index is 0.122. The molecule has 2 aromatic rings. The molecule has 0 aliphatic carbocycles. The standard InChI is InChI=1S/C20H24N2O3S/c23-20(16-21-18-10-4-3-5-11-18)17-9-8-12-19(15-17)26(24,25)22-13-6-1-2-7-14-22/h3-5,8-12,15,21H,1-2,6-7,13-14,16H2. The number of carbonyl (C=O) groups excluding carboxylic acids is 1. The van der Waals surface area contributed by atoms with Crippen LogP contribution in [0.15, 0.2) is 59.5 Å². The van der Waals surface area contributed by atoms with E-state index in [0.717, 1.165) is 31.4 Å². The molecule has 0 saturated carbocycles. The van der Waals surface area contributed by atoms with E-state index in [0.29, 0.717) is 18.7 Å². The van der Waals surface area contributed by atoms with Gasteiger partial charge in [-0.1, -0.05) is 43.2 Å². The summed E-state index contributed by atoms with van der Waals surface area (Å²) < 4.78 is 27.3. The number of sulfonamides is 1. The van der Waals surface area contributed by atoms with Gasteiger partial charge in [-0.15, -0.1) is 0 Å². The van der Waals surface area contributed by atoms with Crippen LogP contribution in [0.25, 0.3) is 0 Å². The number of hydrogen-bond acceptors (Lipinski definition) is 4. The molecule has 0 aromatic heterocycles. The predicted molar refractivity (Wildman–Crippen MR) is 103 cm³/mol. The molecule has 26 heavy (non-hydrogen) atoms. The van der Waals surface area contributed by atoms with Crippen LogP contribution < -0.4 is 5.32 Å². The van der Waals surface area contributed by atoms with E-state index in [1.54, 1.807) is 22.5 Å². The van der Waals surface area contributed by atoms with E-state index in [2.05, 4.69) is 5.32 Å². The van der Waals surface area contributed by atoms with Crippen molar-refractivity contribution in [1.29, 1.82) is 0 Å². The molecule has 1 fully saturated rings. The molecule has 1 heterocycles. The smallest absolute Gasteiger partial charge is 0.243 e. The molecule has 0 spiro atoms. The van der Waals surface area contributed by atoms with Crippen LogP contribution in [0.1, 0.15) is 36.0 Å². The van der Waals surface area contributed by atoms with Gasteiger partial charge in [-0.3, -0.25) is 4.79 Å². The number of nitrogens with zero attached hydrogens (tertiary/aromatic N) is 1. The van der Waals surface area contributed by atoms with Crippen LogP contribution in [0, 0.1) is 0 Å². The maximum absolute atomic E-state index is 12.9. The second kappa shape index (κ2) is 8.47. The molecule has 1 N–H and O–H groups in total. The molecule has 138 valence electrons. The fourth-order valence-corrected chi connectivity index (χ4v) is 4.66. The summed E-state index contributed by atoms with van der Waals surface area (Å²) in [6.45, 7) is 1.23. The molecule has 6 heteroatoms. The highest BCUT2D eigenvalue weighted by atomic mass is 32.2. The number of benzene rings is 2. The minimum Gasteiger partial charge on any atom is -0.378 e. The lowest BCUT2D eigenvalue weighted by Gasteiger charge is -2.20. The summed E-state index contributed by atoms with van der Waals surface area (Å²) in [5.41, 5.74) is 1.26. The summed E-state index contributed by atoms with van der Waals surface area (Å²) in [4.78, 5) is 12.7. The number of carbonyl (C=O) groups is 1. The molecule has 1 aliphatic heterocycles. The van der Waals surface area contributed by atoms with Gasteiger partial charge >= 0.3 is 0 Å². The van der Waals surface area contributed by atoms with Gasteiger partial charge in [0.2, 0.25) is 10.0 Å². The third-order valence-corrected chi connectivity index (χ3v) is 6.48. The van der Waals surface area contributed by atoms with E-state index >= 15 is 0 Å². The van der Waals surface area contributed by atoms with Crippen molar-refractivity contribution < 1.29 is 13.2 Å². The van der Waals surface area contributed by atoms with E-state index in [4.69, 9.17) is 0 Å². The van der Waals surface area contributed by atoms with Crippen molar-refractivity contribution in [1.82, 2.24) is 4.31 Å². The van der Waals surface area contributed by atoms with Crippen molar-refractivity contribution in [3.63, 3.8) is 0 Å². The summed E-state index contributed by atoms with van der Waals surface area (Å²) in [7, 11) is -3.55. The van der Waals surface area contributed by atoms with Gasteiger partial charge < -0.3 is 5.32 Å². The van der Waals surface area contributed by atoms with Crippen LogP contribution in [0.2, 0.25) is 0 Å². The Morgan fingerprint density at radius 1 is 0.923 bits per heavy atom. The predicted octanol–water partition coefficient (Wildman–Crippen LogP) is 3.55. The number of ketones is 1. The zero-order valence-electron chi connectivity index (χ0n) is 14.7. The third kappa shape index (κ3) is 4.51. The summed E-state index contributed by atoms with van der Waals surface area (Å²) in [5, 5.41) is 3.06. The van der Waals surface area contributed by atoms with Crippen molar-refractivity contribution in [3.05, 3.63) is 60.2 Å². The molecular weight excluding hydrogens is 348 g/mol. The number of hydrogen-bond donors (Lipinski definition) is 1. The molecular formula is C20H24N2O3S. The molecule has 1 saturated heterocycles. The molecule has 5 nitrogen and oxygen atoms in total. The van der Waals surface area contributed by atoms with E-state index in [9.17, 15) is 13.2 Å². The first-order chi connectivity index (χ1) is 12.6. The first-order valence-corrected chi connectivity index (χ1v) is 10.4. The van der Waals surface area contributed by atoms with Crippen LogP contribution >= 0.6 is 0 Å². The van der Waals surface area contributed by atoms with Gasteiger partial charge in [0, 0.05) is 24.3 Å². The zero-order chi connectivity index (χ0) is 18.4. The van der Waals surface area contributed by atoms with Crippen LogP contribution in [-0.4, -0.2) is 38.1 Å². The van der Waals surface area contributed by atoms with Gasteiger partial charge in [0.25, 0.3) is 0 Å². The Morgan fingerprint density at radius 3 is 2.31 bits per heavy atom. The topological polar surface area (TPSA) is 66.5 Å². The van der Waals surface area contributed by atoms with Crippen molar-refractivity contribution in [2.45, 2.75) is 30.6 Å². The average molecular weight is 372 g/mol. The van der Waals surface area contributed by atoms with E-state index in [1.807, 2.05) is 30.3 Å². The van der Waals surface area contributed by atoms with Gasteiger partial charge in [-0.25, -0.2) is 8.42 Å². The monoisotopic (exact) mass is 372 g/mol. The zero-order valence-corrected chi connectivity index (χ0v) is 15.5. The van der Waals surface area contributed by atoms with Crippen molar-refractivity contribution >= 4 is 21.5 Å². The van der Waals surface area contributed by atoms with Gasteiger partial charge in [0.05, 0.1) is 11.4 Å². The first-order valence-electron chi connectivity index (χ1n) is 9.00. The lowest BCUT2D eigenvalue weighted by Crippen LogP contribution is -2.32. The van der Waals surface area contributed by atoms with Gasteiger partial charge in [0.1, 0.15) is 0 Å². The molecule has 0 bridgehead atoms. The molecule has 2 aromatic carbocycles. The second-order valence-electron chi connectivity index (χ2n) is 6.49. The third-order valence-electron chi connectivity index (χ3n) is 4.59. The molecule has 0 atom stereocenters. The lowest BCUT2D eigenvalue weighted by atomic mass is 10.1. The van der Waals surface area contributed by atoms with Crippen molar-refractivity contribution in [2.75, 3.05) is 25.0 Å². The molecule has 1 aliphatic rings. The van der Waals surface area contributed by atoms with Crippen LogP contribution in [0.4, 0.5) is 5.69 Å². The van der Waals surface area contributed by atoms with E-state index < -0.39 is 10.0 Å². The van der Waals surface area contributed by atoms with Gasteiger partial charge in [-0.05, 0) is 37.1 Å². The highest BCUT2D eigenvalue weighted by molar-refractivity contribution is 7.89. The Bertz CT molecular complexity index is 842. The quantitative estimate of drug-likeness (QED) is 0.788. The van der Waals surface area contributed by atoms with Crippen molar-refractivity contribution in [2.24, 2.45) is 0 Å². The first kappa shape index (κ1) is 18.6. The average Bonchev–Trinajstić information content (AvgIpc) is 2.97. The van der Waals surface area contributed by atoms with Crippen molar-refractivity contribution in [3.8, 4) is 0 Å². The highest BCUT2D eigenvalue weighted by Gasteiger charge is 2.25. The number of Topliss-reactive ketones (excluding diaryl/α,β-unsaturated/α-hetero) is 1. The Kier molecular flexibility index (Phi) is 6.06. The Balaban J connectivity index is 1.73. The molecule has 0 radical (unpaired) electrons. The summed E-state index contributed by atoms with van der Waals surface area (Å²) >= 11 is 0. The maximum atomic E-state index is 12.9. The number of anilines is 1. The summed E-state index contributed by atoms with van der Waals surface area (Å²) in [6, 6.07) is 15.8. The Hall–Kier alpha value is -2.18. The number of para-hydroxylation sites is 1. The van der Waals surface area contributed by atoms with Crippen LogP contribution in [0.3, 0.4) is 0 Å². The highest BCUT2D eigenvalue weighted by Crippen LogP contribution is 2.21. The summed E-state index contributed by atoms with van der Waals surface area (Å²) in [6.07, 6.45) is 3.91. The van der Waals surface area contributed by atoms with Crippen LogP contribution in [-0.2, 0) is 10.0 Å². The minimum atomic E-state index is -3.55. The van der Waals surface area contributed by atoms with E-state index in [1.165, 1.54) is 6.07 Å². The van der Waals surface area contributed by atoms with Gasteiger partial charge in [0.15, 0.2) is 5.78 Å². The Morgan fingerprint density at radius 2 is 1.62 bits per heavy atom. The largest absolute Gasteiger partial charge is 0.378 e. The molecule has 0 unspecified atom stereocenters. The fourth-order valence-electron chi connectivity index (χ4n) is 3.10. The lowest BCUT2D eigenvalue weighted by molar-refractivity contribution is 0.101. The number of nitrogens with one attached hydrogen (secondary N) is 1. The normalized spacial score (nSPS) is 16.0. The molecule has 3 rings (SSSR count). The second-order valence-corrected chi connectivity index (χ2v) is 8.43. The summed E-state index contributed by atoms with van der Waals surface area (Å²) in [5.74, 6) is -0.137. The fraction of sp³-hybridized carbons (Fsp3) is 0.350. The SMILES string of the molecule is O=C(CNc1ccccc1)c1cccc(S(=O)(=O)N2CCCCCC2)c1. The van der Waals surface area contributed by atoms with Crippen LogP contribution in [0.5, 0.6) is 0 Å². The van der Waals surface area contributed by atoms with E-state index in [-0.39, 0.29) is 17.2 Å². The maximum Gasteiger partial charge on any atom is 0.243 e. The number of rotatable bonds is 6. The Labute approximate surface area is 155 Å². The molecule has 0 amide bonds. The van der Waals surface area contributed by atoms with Gasteiger partial charge in [-0.2, -0.15) is 4.31 Å².